The summed E-state index contributed by atoms with van der Waals surface area (Å²) in [6.45, 7) is 0. The Morgan fingerprint density at radius 1 is 0.583 bits per heavy atom. The van der Waals surface area contributed by atoms with Crippen molar-refractivity contribution >= 4 is 11.4 Å². The van der Waals surface area contributed by atoms with Crippen molar-refractivity contribution in [1.29, 1.82) is 0 Å². The maximum atomic E-state index is 12.6. The van der Waals surface area contributed by atoms with E-state index in [-0.39, 0.29) is 12.2 Å². The van der Waals surface area contributed by atoms with Crippen molar-refractivity contribution in [2.45, 2.75) is 76.4 Å². The zero-order chi connectivity index (χ0) is 15.8. The van der Waals surface area contributed by atoms with Crippen molar-refractivity contribution in [3.63, 3.8) is 0 Å². The van der Waals surface area contributed by atoms with Crippen LogP contribution in [0.25, 0.3) is 0 Å². The minimum absolute atomic E-state index is 0.216. The van der Waals surface area contributed by atoms with Crippen molar-refractivity contribution in [2.24, 2.45) is 47.3 Å². The molecule has 6 rings (SSSR count). The zero-order valence-electron chi connectivity index (χ0n) is 14.5. The van der Waals surface area contributed by atoms with E-state index in [4.69, 9.17) is 8.37 Å². The summed E-state index contributed by atoms with van der Waals surface area (Å²) in [7, 11) is 0. The topological polar surface area (TPSA) is 35.5 Å². The van der Waals surface area contributed by atoms with Crippen molar-refractivity contribution in [1.82, 2.24) is 0 Å². The van der Waals surface area contributed by atoms with Gasteiger partial charge in [-0.1, -0.05) is 12.8 Å². The highest BCUT2D eigenvalue weighted by Crippen LogP contribution is 2.61. The summed E-state index contributed by atoms with van der Waals surface area (Å²) >= 11 is -1.52. The van der Waals surface area contributed by atoms with Crippen molar-refractivity contribution in [3.8, 4) is 0 Å². The van der Waals surface area contributed by atoms with Crippen molar-refractivity contribution < 1.29 is 12.6 Å². The quantitative estimate of drug-likeness (QED) is 0.760. The highest BCUT2D eigenvalue weighted by atomic mass is 32.2. The first-order chi connectivity index (χ1) is 11.8. The van der Waals surface area contributed by atoms with E-state index in [1.54, 1.807) is 0 Å². The van der Waals surface area contributed by atoms with Crippen LogP contribution in [0.2, 0.25) is 0 Å². The van der Waals surface area contributed by atoms with Crippen molar-refractivity contribution in [2.75, 3.05) is 0 Å². The summed E-state index contributed by atoms with van der Waals surface area (Å²) in [5.41, 5.74) is 0. The maximum absolute atomic E-state index is 12.6. The van der Waals surface area contributed by atoms with Gasteiger partial charge in [0, 0.05) is 0 Å². The number of rotatable bonds is 4. The summed E-state index contributed by atoms with van der Waals surface area (Å²) in [6.07, 6.45) is 13.8. The summed E-state index contributed by atoms with van der Waals surface area (Å²) in [4.78, 5) is 0. The third-order valence-electron chi connectivity index (χ3n) is 9.14. The standard InChI is InChI=1S/C20H30O3S/c21-24(22-19-9-11-7-17(19)15-5-1-3-13(11)15)23-20-10-12-8-18(20)16-6-2-4-14(12)16/h11-20H,1-10H2. The van der Waals surface area contributed by atoms with Gasteiger partial charge in [0.1, 0.15) is 0 Å². The first-order valence-electron chi connectivity index (χ1n) is 10.5. The molecule has 4 heteroatoms. The van der Waals surface area contributed by atoms with Crippen LogP contribution in [0.15, 0.2) is 0 Å². The Bertz CT molecular complexity index is 505. The molecule has 0 amide bonds. The fraction of sp³-hybridized carbons (Fsp3) is 1.00. The van der Waals surface area contributed by atoms with E-state index < -0.39 is 11.4 Å². The Balaban J connectivity index is 1.08. The maximum Gasteiger partial charge on any atom is 0.305 e. The molecule has 6 fully saturated rings. The molecule has 0 spiro atoms. The van der Waals surface area contributed by atoms with Crippen molar-refractivity contribution in [3.05, 3.63) is 0 Å². The van der Waals surface area contributed by atoms with E-state index in [0.717, 1.165) is 48.3 Å². The normalized spacial score (nSPS) is 58.3. The van der Waals surface area contributed by atoms with E-state index in [0.29, 0.717) is 11.8 Å². The molecule has 24 heavy (non-hydrogen) atoms. The van der Waals surface area contributed by atoms with E-state index in [9.17, 15) is 4.21 Å². The second-order valence-electron chi connectivity index (χ2n) is 9.78. The van der Waals surface area contributed by atoms with Gasteiger partial charge >= 0.3 is 11.4 Å². The number of hydrogen-bond donors (Lipinski definition) is 0. The lowest BCUT2D eigenvalue weighted by Gasteiger charge is -2.32. The van der Waals surface area contributed by atoms with Crippen LogP contribution in [0.3, 0.4) is 0 Å². The fourth-order valence-electron chi connectivity index (χ4n) is 8.46. The van der Waals surface area contributed by atoms with Gasteiger partial charge in [-0.05, 0) is 98.7 Å². The van der Waals surface area contributed by atoms with Gasteiger partial charge in [0.15, 0.2) is 0 Å². The molecular weight excluding hydrogens is 320 g/mol. The molecule has 3 nitrogen and oxygen atoms in total. The third-order valence-corrected chi connectivity index (χ3v) is 9.95. The van der Waals surface area contributed by atoms with Gasteiger partial charge in [-0.3, -0.25) is 8.37 Å². The van der Waals surface area contributed by atoms with Gasteiger partial charge in [-0.2, -0.15) is 4.21 Å². The molecule has 4 bridgehead atoms. The third kappa shape index (κ3) is 2.11. The molecule has 6 aliphatic rings. The Labute approximate surface area is 148 Å². The van der Waals surface area contributed by atoms with E-state index in [1.165, 1.54) is 51.4 Å². The summed E-state index contributed by atoms with van der Waals surface area (Å²) in [5.74, 6) is 6.73. The fourth-order valence-corrected chi connectivity index (χ4v) is 9.35. The average molecular weight is 351 g/mol. The summed E-state index contributed by atoms with van der Waals surface area (Å²) in [6, 6.07) is 0. The first kappa shape index (κ1) is 15.2. The lowest BCUT2D eigenvalue weighted by atomic mass is 9.80. The van der Waals surface area contributed by atoms with Gasteiger partial charge in [-0.15, -0.1) is 0 Å². The molecule has 0 radical (unpaired) electrons. The molecule has 10 atom stereocenters. The zero-order valence-corrected chi connectivity index (χ0v) is 15.3. The van der Waals surface area contributed by atoms with Crippen LogP contribution in [0, 0.1) is 47.3 Å². The van der Waals surface area contributed by atoms with E-state index >= 15 is 0 Å². The highest BCUT2D eigenvalue weighted by molar-refractivity contribution is 7.75. The molecule has 10 unspecified atom stereocenters. The molecule has 0 aromatic rings. The molecule has 0 heterocycles. The molecule has 0 aromatic heterocycles. The van der Waals surface area contributed by atoms with Gasteiger partial charge in [-0.25, -0.2) is 0 Å². The molecule has 6 aliphatic carbocycles. The van der Waals surface area contributed by atoms with Crippen LogP contribution in [0.5, 0.6) is 0 Å². The molecule has 6 saturated carbocycles. The van der Waals surface area contributed by atoms with Gasteiger partial charge in [0.2, 0.25) is 0 Å². The molecule has 134 valence electrons. The Morgan fingerprint density at radius 2 is 1.04 bits per heavy atom. The Morgan fingerprint density at radius 3 is 1.54 bits per heavy atom. The molecule has 0 aromatic carbocycles. The van der Waals surface area contributed by atoms with Gasteiger partial charge < -0.3 is 0 Å². The largest absolute Gasteiger partial charge is 0.305 e. The SMILES string of the molecule is O=S(OC1CC2CC1C1CCCC21)OC1CC2CC1C1CCCC21. The van der Waals surface area contributed by atoms with E-state index in [1.807, 2.05) is 0 Å². The smallest absolute Gasteiger partial charge is 0.265 e. The van der Waals surface area contributed by atoms with Crippen LogP contribution in [0.4, 0.5) is 0 Å². The second kappa shape index (κ2) is 5.53. The van der Waals surface area contributed by atoms with Gasteiger partial charge in [0.05, 0.1) is 12.2 Å². The summed E-state index contributed by atoms with van der Waals surface area (Å²) in [5, 5.41) is 0. The van der Waals surface area contributed by atoms with Crippen LogP contribution in [-0.4, -0.2) is 16.4 Å². The lowest BCUT2D eigenvalue weighted by molar-refractivity contribution is 0.0494. The van der Waals surface area contributed by atoms with Crippen LogP contribution in [-0.2, 0) is 19.7 Å². The minimum atomic E-state index is -1.52. The molecule has 0 aliphatic heterocycles. The average Bonchev–Trinajstić information content (AvgIpc) is 3.33. The molecule has 0 N–H and O–H groups in total. The number of fused-ring (bicyclic) bond motifs is 10. The Hall–Kier alpha value is 0.0700. The predicted molar refractivity (Wildman–Crippen MR) is 92.0 cm³/mol. The van der Waals surface area contributed by atoms with E-state index in [2.05, 4.69) is 0 Å². The van der Waals surface area contributed by atoms with Crippen LogP contribution >= 0.6 is 0 Å². The summed E-state index contributed by atoms with van der Waals surface area (Å²) < 4.78 is 24.5. The highest BCUT2D eigenvalue weighted by Gasteiger charge is 2.56. The Kier molecular flexibility index (Phi) is 3.49. The van der Waals surface area contributed by atoms with Gasteiger partial charge in [0.25, 0.3) is 0 Å². The minimum Gasteiger partial charge on any atom is -0.265 e. The second-order valence-corrected chi connectivity index (χ2v) is 10.6. The van der Waals surface area contributed by atoms with Crippen LogP contribution in [0.1, 0.15) is 64.2 Å². The molecule has 0 saturated heterocycles. The predicted octanol–water partition coefficient (Wildman–Crippen LogP) is 4.25. The first-order valence-corrected chi connectivity index (χ1v) is 11.5. The molecular formula is C20H30O3S. The number of hydrogen-bond acceptors (Lipinski definition) is 3. The monoisotopic (exact) mass is 350 g/mol. The van der Waals surface area contributed by atoms with Crippen LogP contribution < -0.4 is 0 Å². The lowest BCUT2D eigenvalue weighted by Crippen LogP contribution is -2.34.